The molecule has 0 aromatic rings. The number of likely N-dealkylation sites (N-methyl/N-ethyl adjacent to an activating group) is 1. The van der Waals surface area contributed by atoms with Crippen molar-refractivity contribution in [1.29, 1.82) is 0 Å². The standard InChI is InChI=1S/C16H32N4/c1-5-19(6-2)7-8-20-15(17)18-12-16(20)10-13(3)9-14(4)11-16/h13-14H,5-12H2,1-4H3,(H2,17,18). The predicted octanol–water partition coefficient (Wildman–Crippen LogP) is 2.15. The van der Waals surface area contributed by atoms with Gasteiger partial charge in [0.1, 0.15) is 0 Å². The van der Waals surface area contributed by atoms with E-state index < -0.39 is 0 Å². The van der Waals surface area contributed by atoms with E-state index in [-0.39, 0.29) is 5.54 Å². The highest BCUT2D eigenvalue weighted by molar-refractivity contribution is 5.81. The Labute approximate surface area is 124 Å². The van der Waals surface area contributed by atoms with Gasteiger partial charge in [-0.1, -0.05) is 27.7 Å². The van der Waals surface area contributed by atoms with E-state index in [0.717, 1.165) is 50.5 Å². The highest BCUT2D eigenvalue weighted by atomic mass is 15.4. The lowest BCUT2D eigenvalue weighted by Crippen LogP contribution is -2.56. The molecule has 1 heterocycles. The normalized spacial score (nSPS) is 34.0. The Bertz CT molecular complexity index is 338. The molecule has 1 fully saturated rings. The van der Waals surface area contributed by atoms with Gasteiger partial charge in [-0.05, 0) is 44.2 Å². The maximum absolute atomic E-state index is 6.20. The van der Waals surface area contributed by atoms with Crippen LogP contribution in [0.4, 0.5) is 0 Å². The molecular weight excluding hydrogens is 248 g/mol. The van der Waals surface area contributed by atoms with E-state index >= 15 is 0 Å². The molecule has 2 aliphatic rings. The van der Waals surface area contributed by atoms with E-state index in [4.69, 9.17) is 5.73 Å². The SMILES string of the molecule is CCN(CC)CCN1C(N)=NCC12CC(C)CC(C)C2. The second kappa shape index (κ2) is 6.33. The first-order valence-electron chi connectivity index (χ1n) is 8.30. The van der Waals surface area contributed by atoms with E-state index in [9.17, 15) is 0 Å². The van der Waals surface area contributed by atoms with Gasteiger partial charge >= 0.3 is 0 Å². The van der Waals surface area contributed by atoms with E-state index in [0.29, 0.717) is 0 Å². The van der Waals surface area contributed by atoms with Gasteiger partial charge in [0, 0.05) is 13.1 Å². The number of nitrogens with zero attached hydrogens (tertiary/aromatic N) is 3. The predicted molar refractivity (Wildman–Crippen MR) is 85.9 cm³/mol. The quantitative estimate of drug-likeness (QED) is 0.839. The molecule has 116 valence electrons. The molecule has 2 N–H and O–H groups in total. The number of aliphatic imine (C=N–C) groups is 1. The molecule has 1 aliphatic heterocycles. The van der Waals surface area contributed by atoms with Crippen LogP contribution >= 0.6 is 0 Å². The third-order valence-corrected chi connectivity index (χ3v) is 5.18. The van der Waals surface area contributed by atoms with Crippen LogP contribution in [0.25, 0.3) is 0 Å². The molecule has 1 spiro atoms. The van der Waals surface area contributed by atoms with Crippen LogP contribution in [0.15, 0.2) is 4.99 Å². The van der Waals surface area contributed by atoms with Gasteiger partial charge in [-0.3, -0.25) is 4.99 Å². The van der Waals surface area contributed by atoms with Crippen LogP contribution in [0.3, 0.4) is 0 Å². The van der Waals surface area contributed by atoms with Crippen LogP contribution in [0, 0.1) is 11.8 Å². The first-order valence-corrected chi connectivity index (χ1v) is 8.30. The zero-order valence-corrected chi connectivity index (χ0v) is 13.7. The van der Waals surface area contributed by atoms with Crippen molar-refractivity contribution >= 4 is 5.96 Å². The Kier molecular flexibility index (Phi) is 4.95. The zero-order chi connectivity index (χ0) is 14.8. The fourth-order valence-corrected chi connectivity index (χ4v) is 4.36. The van der Waals surface area contributed by atoms with Crippen molar-refractivity contribution in [2.45, 2.75) is 52.5 Å². The minimum atomic E-state index is 0.217. The minimum absolute atomic E-state index is 0.217. The lowest BCUT2D eigenvalue weighted by atomic mass is 9.71. The molecule has 0 radical (unpaired) electrons. The molecular formula is C16H32N4. The molecule has 2 atom stereocenters. The molecule has 0 aromatic heterocycles. The maximum Gasteiger partial charge on any atom is 0.191 e. The molecule has 0 saturated heterocycles. The van der Waals surface area contributed by atoms with Crippen LogP contribution in [-0.4, -0.2) is 54.0 Å². The second-order valence-electron chi connectivity index (χ2n) is 6.93. The lowest BCUT2D eigenvalue weighted by Gasteiger charge is -2.47. The fraction of sp³-hybridized carbons (Fsp3) is 0.938. The Balaban J connectivity index is 2.05. The van der Waals surface area contributed by atoms with Gasteiger partial charge < -0.3 is 15.5 Å². The maximum atomic E-state index is 6.20. The highest BCUT2D eigenvalue weighted by Gasteiger charge is 2.46. The smallest absolute Gasteiger partial charge is 0.191 e. The summed E-state index contributed by atoms with van der Waals surface area (Å²) >= 11 is 0. The van der Waals surface area contributed by atoms with Crippen LogP contribution in [0.5, 0.6) is 0 Å². The van der Waals surface area contributed by atoms with Crippen LogP contribution in [-0.2, 0) is 0 Å². The molecule has 20 heavy (non-hydrogen) atoms. The van der Waals surface area contributed by atoms with Crippen molar-refractivity contribution in [2.24, 2.45) is 22.6 Å². The van der Waals surface area contributed by atoms with Crippen molar-refractivity contribution in [2.75, 3.05) is 32.7 Å². The zero-order valence-electron chi connectivity index (χ0n) is 13.7. The van der Waals surface area contributed by atoms with Crippen LogP contribution in [0.1, 0.15) is 47.0 Å². The Morgan fingerprint density at radius 2 is 1.85 bits per heavy atom. The van der Waals surface area contributed by atoms with Gasteiger partial charge in [-0.15, -0.1) is 0 Å². The van der Waals surface area contributed by atoms with E-state index in [1.165, 1.54) is 19.3 Å². The molecule has 0 aromatic carbocycles. The number of guanidine groups is 1. The van der Waals surface area contributed by atoms with Crippen LogP contribution in [0.2, 0.25) is 0 Å². The molecule has 1 aliphatic carbocycles. The lowest BCUT2D eigenvalue weighted by molar-refractivity contribution is 0.0766. The summed E-state index contributed by atoms with van der Waals surface area (Å²) in [6, 6.07) is 0. The summed E-state index contributed by atoms with van der Waals surface area (Å²) in [6.07, 6.45) is 3.85. The summed E-state index contributed by atoms with van der Waals surface area (Å²) in [6.45, 7) is 14.5. The molecule has 4 nitrogen and oxygen atoms in total. The number of nitrogens with two attached hydrogens (primary N) is 1. The summed E-state index contributed by atoms with van der Waals surface area (Å²) in [5.74, 6) is 2.35. The minimum Gasteiger partial charge on any atom is -0.370 e. The second-order valence-corrected chi connectivity index (χ2v) is 6.93. The summed E-state index contributed by atoms with van der Waals surface area (Å²) in [5.41, 5.74) is 6.42. The van der Waals surface area contributed by atoms with Gasteiger partial charge in [-0.25, -0.2) is 0 Å². The molecule has 2 unspecified atom stereocenters. The number of hydrogen-bond acceptors (Lipinski definition) is 4. The highest BCUT2D eigenvalue weighted by Crippen LogP contribution is 2.42. The van der Waals surface area contributed by atoms with Crippen molar-refractivity contribution < 1.29 is 0 Å². The first kappa shape index (κ1) is 15.6. The summed E-state index contributed by atoms with van der Waals surface area (Å²) in [4.78, 5) is 9.49. The average molecular weight is 280 g/mol. The van der Waals surface area contributed by atoms with E-state index in [1.807, 2.05) is 0 Å². The monoisotopic (exact) mass is 280 g/mol. The fourth-order valence-electron chi connectivity index (χ4n) is 4.36. The average Bonchev–Trinajstić information content (AvgIpc) is 2.67. The Morgan fingerprint density at radius 1 is 1.25 bits per heavy atom. The van der Waals surface area contributed by atoms with Crippen molar-refractivity contribution in [3.05, 3.63) is 0 Å². The summed E-state index contributed by atoms with van der Waals surface area (Å²) < 4.78 is 0. The van der Waals surface area contributed by atoms with Crippen molar-refractivity contribution in [1.82, 2.24) is 9.80 Å². The first-order chi connectivity index (χ1) is 9.50. The van der Waals surface area contributed by atoms with Crippen molar-refractivity contribution in [3.8, 4) is 0 Å². The van der Waals surface area contributed by atoms with Gasteiger partial charge in [-0.2, -0.15) is 0 Å². The van der Waals surface area contributed by atoms with E-state index in [1.54, 1.807) is 0 Å². The van der Waals surface area contributed by atoms with Gasteiger partial charge in [0.15, 0.2) is 5.96 Å². The van der Waals surface area contributed by atoms with Gasteiger partial charge in [0.25, 0.3) is 0 Å². The molecule has 2 rings (SSSR count). The number of hydrogen-bond donors (Lipinski definition) is 1. The third-order valence-electron chi connectivity index (χ3n) is 5.18. The largest absolute Gasteiger partial charge is 0.370 e. The molecule has 4 heteroatoms. The van der Waals surface area contributed by atoms with Gasteiger partial charge in [0.2, 0.25) is 0 Å². The van der Waals surface area contributed by atoms with E-state index in [2.05, 4.69) is 42.5 Å². The topological polar surface area (TPSA) is 44.9 Å². The Hall–Kier alpha value is -0.770. The summed E-state index contributed by atoms with van der Waals surface area (Å²) in [7, 11) is 0. The molecule has 0 bridgehead atoms. The third kappa shape index (κ3) is 3.11. The van der Waals surface area contributed by atoms with Crippen LogP contribution < -0.4 is 5.73 Å². The Morgan fingerprint density at radius 3 is 2.40 bits per heavy atom. The number of rotatable bonds is 5. The summed E-state index contributed by atoms with van der Waals surface area (Å²) in [5, 5.41) is 0. The molecule has 1 saturated carbocycles. The molecule has 0 amide bonds. The van der Waals surface area contributed by atoms with Gasteiger partial charge in [0.05, 0.1) is 12.1 Å². The van der Waals surface area contributed by atoms with Crippen molar-refractivity contribution in [3.63, 3.8) is 0 Å².